The summed E-state index contributed by atoms with van der Waals surface area (Å²) in [5.74, 6) is 0. The third-order valence-electron chi connectivity index (χ3n) is 3.81. The van der Waals surface area contributed by atoms with Crippen LogP contribution >= 0.6 is 0 Å². The highest BCUT2D eigenvalue weighted by molar-refractivity contribution is 4.72. The van der Waals surface area contributed by atoms with E-state index in [-0.39, 0.29) is 6.10 Å². The van der Waals surface area contributed by atoms with Gasteiger partial charge in [-0.05, 0) is 39.9 Å². The zero-order valence-electron chi connectivity index (χ0n) is 12.4. The van der Waals surface area contributed by atoms with Gasteiger partial charge in [0.25, 0.3) is 0 Å². The Bertz CT molecular complexity index is 203. The molecule has 1 fully saturated rings. The average Bonchev–Trinajstić information content (AvgIpc) is 2.37. The van der Waals surface area contributed by atoms with Crippen molar-refractivity contribution in [3.63, 3.8) is 0 Å². The van der Waals surface area contributed by atoms with Gasteiger partial charge in [-0.2, -0.15) is 0 Å². The van der Waals surface area contributed by atoms with Crippen LogP contribution in [0.2, 0.25) is 0 Å². The van der Waals surface area contributed by atoms with E-state index in [9.17, 15) is 5.11 Å². The lowest BCUT2D eigenvalue weighted by molar-refractivity contribution is 0.113. The van der Waals surface area contributed by atoms with Crippen LogP contribution in [0.3, 0.4) is 0 Å². The fourth-order valence-corrected chi connectivity index (χ4v) is 2.33. The number of aliphatic hydroxyl groups excluding tert-OH is 1. The molecule has 0 spiro atoms. The molecule has 4 heteroatoms. The minimum absolute atomic E-state index is 0.0913. The van der Waals surface area contributed by atoms with Crippen LogP contribution in [-0.4, -0.2) is 85.8 Å². The third kappa shape index (κ3) is 6.69. The molecule has 0 aliphatic carbocycles. The van der Waals surface area contributed by atoms with Gasteiger partial charge in [0.1, 0.15) is 0 Å². The molecule has 0 amide bonds. The number of likely N-dealkylation sites (N-methyl/N-ethyl adjacent to an activating group) is 1. The second-order valence-electron chi connectivity index (χ2n) is 5.69. The van der Waals surface area contributed by atoms with Crippen molar-refractivity contribution < 1.29 is 5.11 Å². The average molecular weight is 257 g/mol. The van der Waals surface area contributed by atoms with Crippen LogP contribution in [0.4, 0.5) is 0 Å². The lowest BCUT2D eigenvalue weighted by atomic mass is 10.1. The van der Waals surface area contributed by atoms with Crippen molar-refractivity contribution in [2.24, 2.45) is 0 Å². The van der Waals surface area contributed by atoms with E-state index >= 15 is 0 Å². The molecule has 1 rings (SSSR count). The van der Waals surface area contributed by atoms with E-state index in [0.717, 1.165) is 32.4 Å². The third-order valence-corrected chi connectivity index (χ3v) is 3.81. The van der Waals surface area contributed by atoms with Gasteiger partial charge in [-0.3, -0.25) is 4.90 Å². The van der Waals surface area contributed by atoms with Crippen molar-refractivity contribution in [1.29, 1.82) is 0 Å². The van der Waals surface area contributed by atoms with Crippen LogP contribution < -0.4 is 0 Å². The number of aliphatic hydroxyl groups is 1. The first-order valence-electron chi connectivity index (χ1n) is 7.39. The standard InChI is InChI=1S/C14H31N3O/c1-4-14(18)6-5-7-16-10-12-17(13-11-16)9-8-15(2)3/h14,18H,4-13H2,1-3H3. The smallest absolute Gasteiger partial charge is 0.0538 e. The van der Waals surface area contributed by atoms with Crippen LogP contribution in [-0.2, 0) is 0 Å². The molecule has 1 aliphatic heterocycles. The van der Waals surface area contributed by atoms with Gasteiger partial charge in [0.05, 0.1) is 6.10 Å². The second-order valence-corrected chi connectivity index (χ2v) is 5.69. The van der Waals surface area contributed by atoms with Crippen LogP contribution in [0.25, 0.3) is 0 Å². The summed E-state index contributed by atoms with van der Waals surface area (Å²) < 4.78 is 0. The Balaban J connectivity index is 2.04. The fraction of sp³-hybridized carbons (Fsp3) is 1.00. The molecule has 1 aliphatic rings. The van der Waals surface area contributed by atoms with Crippen molar-refractivity contribution in [3.05, 3.63) is 0 Å². The Morgan fingerprint density at radius 1 is 1.06 bits per heavy atom. The minimum Gasteiger partial charge on any atom is -0.393 e. The van der Waals surface area contributed by atoms with Crippen molar-refractivity contribution in [2.45, 2.75) is 32.3 Å². The topological polar surface area (TPSA) is 30.0 Å². The summed E-state index contributed by atoms with van der Waals surface area (Å²) in [5, 5.41) is 9.52. The zero-order chi connectivity index (χ0) is 13.4. The second kappa shape index (κ2) is 8.86. The summed E-state index contributed by atoms with van der Waals surface area (Å²) in [4.78, 5) is 7.34. The van der Waals surface area contributed by atoms with E-state index in [0.29, 0.717) is 0 Å². The van der Waals surface area contributed by atoms with E-state index in [1.807, 2.05) is 6.92 Å². The predicted molar refractivity (Wildman–Crippen MR) is 77.0 cm³/mol. The van der Waals surface area contributed by atoms with Crippen LogP contribution in [0, 0.1) is 0 Å². The van der Waals surface area contributed by atoms with Crippen molar-refractivity contribution in [1.82, 2.24) is 14.7 Å². The Morgan fingerprint density at radius 3 is 2.11 bits per heavy atom. The molecular weight excluding hydrogens is 226 g/mol. The maximum absolute atomic E-state index is 9.52. The molecular formula is C14H31N3O. The molecule has 0 saturated carbocycles. The molecule has 0 aromatic heterocycles. The number of rotatable bonds is 8. The number of hydrogen-bond acceptors (Lipinski definition) is 4. The first-order valence-corrected chi connectivity index (χ1v) is 7.39. The van der Waals surface area contributed by atoms with E-state index < -0.39 is 0 Å². The molecule has 108 valence electrons. The molecule has 4 nitrogen and oxygen atoms in total. The van der Waals surface area contributed by atoms with Crippen LogP contribution in [0.15, 0.2) is 0 Å². The molecule has 0 aromatic rings. The SMILES string of the molecule is CCC(O)CCCN1CCN(CCN(C)C)CC1. The first-order chi connectivity index (χ1) is 8.61. The van der Waals surface area contributed by atoms with Gasteiger partial charge >= 0.3 is 0 Å². The number of nitrogens with zero attached hydrogens (tertiary/aromatic N) is 3. The Morgan fingerprint density at radius 2 is 1.61 bits per heavy atom. The van der Waals surface area contributed by atoms with Gasteiger partial charge in [0, 0.05) is 39.3 Å². The number of piperazine rings is 1. The highest BCUT2D eigenvalue weighted by Crippen LogP contribution is 2.06. The summed E-state index contributed by atoms with van der Waals surface area (Å²) in [5.41, 5.74) is 0. The van der Waals surface area contributed by atoms with Gasteiger partial charge in [-0.15, -0.1) is 0 Å². The maximum Gasteiger partial charge on any atom is 0.0538 e. The normalized spacial score (nSPS) is 20.5. The molecule has 1 atom stereocenters. The van der Waals surface area contributed by atoms with Gasteiger partial charge in [0.15, 0.2) is 0 Å². The number of hydrogen-bond donors (Lipinski definition) is 1. The van der Waals surface area contributed by atoms with Crippen LogP contribution in [0.5, 0.6) is 0 Å². The largest absolute Gasteiger partial charge is 0.393 e. The molecule has 0 aromatic carbocycles. The highest BCUT2D eigenvalue weighted by atomic mass is 16.3. The summed E-state index contributed by atoms with van der Waals surface area (Å²) in [7, 11) is 4.27. The van der Waals surface area contributed by atoms with Crippen molar-refractivity contribution >= 4 is 0 Å². The van der Waals surface area contributed by atoms with Crippen molar-refractivity contribution in [2.75, 3.05) is 59.9 Å². The highest BCUT2D eigenvalue weighted by Gasteiger charge is 2.16. The molecule has 1 saturated heterocycles. The maximum atomic E-state index is 9.52. The Hall–Kier alpha value is -0.160. The lowest BCUT2D eigenvalue weighted by Crippen LogP contribution is -2.48. The molecule has 18 heavy (non-hydrogen) atoms. The monoisotopic (exact) mass is 257 g/mol. The molecule has 0 radical (unpaired) electrons. The molecule has 0 bridgehead atoms. The lowest BCUT2D eigenvalue weighted by Gasteiger charge is -2.35. The Labute approximate surface area is 113 Å². The summed E-state index contributed by atoms with van der Waals surface area (Å²) in [6, 6.07) is 0. The van der Waals surface area contributed by atoms with Gasteiger partial charge in [-0.25, -0.2) is 0 Å². The minimum atomic E-state index is -0.0913. The predicted octanol–water partition coefficient (Wildman–Crippen LogP) is 0.717. The fourth-order valence-electron chi connectivity index (χ4n) is 2.33. The summed E-state index contributed by atoms with van der Waals surface area (Å²) in [6.45, 7) is 10.3. The molecule has 1 heterocycles. The van der Waals surface area contributed by atoms with Crippen molar-refractivity contribution in [3.8, 4) is 0 Å². The quantitative estimate of drug-likeness (QED) is 0.694. The molecule has 1 N–H and O–H groups in total. The van der Waals surface area contributed by atoms with Crippen LogP contribution in [0.1, 0.15) is 26.2 Å². The van der Waals surface area contributed by atoms with Gasteiger partial charge in [0.2, 0.25) is 0 Å². The van der Waals surface area contributed by atoms with Gasteiger partial charge in [-0.1, -0.05) is 6.92 Å². The summed E-state index contributed by atoms with van der Waals surface area (Å²) >= 11 is 0. The van der Waals surface area contributed by atoms with E-state index in [1.54, 1.807) is 0 Å². The van der Waals surface area contributed by atoms with E-state index in [2.05, 4.69) is 28.8 Å². The zero-order valence-corrected chi connectivity index (χ0v) is 12.4. The molecule has 1 unspecified atom stereocenters. The summed E-state index contributed by atoms with van der Waals surface area (Å²) in [6.07, 6.45) is 2.88. The van der Waals surface area contributed by atoms with Gasteiger partial charge < -0.3 is 14.9 Å². The van der Waals surface area contributed by atoms with E-state index in [1.165, 1.54) is 32.7 Å². The Kier molecular flexibility index (Phi) is 7.82. The first kappa shape index (κ1) is 15.9. The van der Waals surface area contributed by atoms with E-state index in [4.69, 9.17) is 0 Å².